The van der Waals surface area contributed by atoms with Crippen LogP contribution in [-0.2, 0) is 20.7 Å². The summed E-state index contributed by atoms with van der Waals surface area (Å²) in [5.41, 5.74) is 1.24. The zero-order valence-corrected chi connectivity index (χ0v) is 14.0. The normalized spacial score (nSPS) is 11.0. The van der Waals surface area contributed by atoms with Crippen molar-refractivity contribution in [3.05, 3.63) is 29.8 Å². The van der Waals surface area contributed by atoms with E-state index in [2.05, 4.69) is 0 Å². The van der Waals surface area contributed by atoms with E-state index in [0.717, 1.165) is 11.3 Å². The van der Waals surface area contributed by atoms with Crippen molar-refractivity contribution in [3.8, 4) is 0 Å². The molecule has 0 atom stereocenters. The summed E-state index contributed by atoms with van der Waals surface area (Å²) in [6.45, 7) is 7.68. The maximum atomic E-state index is 12.0. The average Bonchev–Trinajstić information content (AvgIpc) is 2.43. The second-order valence-corrected chi connectivity index (χ2v) is 6.01. The Labute approximate surface area is 132 Å². The molecule has 1 aromatic carbocycles. The Hall–Kier alpha value is -2.04. The summed E-state index contributed by atoms with van der Waals surface area (Å²) in [6.07, 6.45) is 0.580. The van der Waals surface area contributed by atoms with Gasteiger partial charge in [-0.3, -0.25) is 9.69 Å². The standard InChI is InChI=1S/C17H25NO4/c1-6-21-15(19)12-9-13-7-10-14(11-8-13)18(5)16(20)22-17(2,3)4/h7-8,10-11H,6,9,12H2,1-5H3. The summed E-state index contributed by atoms with van der Waals surface area (Å²) in [4.78, 5) is 24.8. The van der Waals surface area contributed by atoms with Crippen LogP contribution in [-0.4, -0.2) is 31.3 Å². The molecule has 0 radical (unpaired) electrons. The largest absolute Gasteiger partial charge is 0.466 e. The maximum Gasteiger partial charge on any atom is 0.414 e. The van der Waals surface area contributed by atoms with Gasteiger partial charge in [-0.25, -0.2) is 4.79 Å². The number of aryl methyl sites for hydroxylation is 1. The topological polar surface area (TPSA) is 55.8 Å². The van der Waals surface area contributed by atoms with Gasteiger partial charge in [0.25, 0.3) is 0 Å². The van der Waals surface area contributed by atoms with E-state index in [9.17, 15) is 9.59 Å². The van der Waals surface area contributed by atoms with E-state index in [1.54, 1.807) is 14.0 Å². The first-order valence-electron chi connectivity index (χ1n) is 7.44. The quantitative estimate of drug-likeness (QED) is 0.781. The average molecular weight is 307 g/mol. The fourth-order valence-electron chi connectivity index (χ4n) is 1.80. The van der Waals surface area contributed by atoms with Gasteiger partial charge in [0.15, 0.2) is 0 Å². The highest BCUT2D eigenvalue weighted by atomic mass is 16.6. The number of rotatable bonds is 5. The van der Waals surface area contributed by atoms with E-state index in [4.69, 9.17) is 9.47 Å². The Morgan fingerprint density at radius 2 is 1.73 bits per heavy atom. The van der Waals surface area contributed by atoms with E-state index in [1.165, 1.54) is 4.90 Å². The highest BCUT2D eigenvalue weighted by molar-refractivity contribution is 5.87. The van der Waals surface area contributed by atoms with Gasteiger partial charge < -0.3 is 9.47 Å². The van der Waals surface area contributed by atoms with Crippen molar-refractivity contribution in [3.63, 3.8) is 0 Å². The molecule has 0 bridgehead atoms. The fraction of sp³-hybridized carbons (Fsp3) is 0.529. The molecular formula is C17H25NO4. The second kappa shape index (κ2) is 7.82. The van der Waals surface area contributed by atoms with Crippen LogP contribution in [0.4, 0.5) is 10.5 Å². The Balaban J connectivity index is 2.60. The smallest absolute Gasteiger partial charge is 0.414 e. The third-order valence-electron chi connectivity index (χ3n) is 2.91. The number of benzene rings is 1. The number of hydrogen-bond acceptors (Lipinski definition) is 4. The molecule has 1 amide bonds. The van der Waals surface area contributed by atoms with Gasteiger partial charge in [-0.1, -0.05) is 12.1 Å². The molecule has 0 spiro atoms. The lowest BCUT2D eigenvalue weighted by atomic mass is 10.1. The first kappa shape index (κ1) is 18.0. The van der Waals surface area contributed by atoms with Gasteiger partial charge >= 0.3 is 12.1 Å². The molecule has 0 aliphatic rings. The van der Waals surface area contributed by atoms with Crippen LogP contribution < -0.4 is 4.90 Å². The molecule has 5 heteroatoms. The molecule has 5 nitrogen and oxygen atoms in total. The van der Waals surface area contributed by atoms with E-state index < -0.39 is 11.7 Å². The van der Waals surface area contributed by atoms with Crippen LogP contribution >= 0.6 is 0 Å². The molecule has 0 aliphatic heterocycles. The number of carbonyl (C=O) groups is 2. The molecule has 1 aromatic rings. The molecule has 1 rings (SSSR count). The highest BCUT2D eigenvalue weighted by Crippen LogP contribution is 2.18. The van der Waals surface area contributed by atoms with Crippen LogP contribution in [0.5, 0.6) is 0 Å². The lowest BCUT2D eigenvalue weighted by Crippen LogP contribution is -2.34. The predicted octanol–water partition coefficient (Wildman–Crippen LogP) is 3.55. The Bertz CT molecular complexity index is 502. The van der Waals surface area contributed by atoms with Gasteiger partial charge in [-0.05, 0) is 51.8 Å². The van der Waals surface area contributed by atoms with E-state index in [0.29, 0.717) is 19.4 Å². The molecule has 22 heavy (non-hydrogen) atoms. The van der Waals surface area contributed by atoms with Crippen LogP contribution in [0.2, 0.25) is 0 Å². The third-order valence-corrected chi connectivity index (χ3v) is 2.91. The van der Waals surface area contributed by atoms with Crippen LogP contribution in [0.25, 0.3) is 0 Å². The highest BCUT2D eigenvalue weighted by Gasteiger charge is 2.20. The third kappa shape index (κ3) is 6.16. The number of nitrogens with zero attached hydrogens (tertiary/aromatic N) is 1. The van der Waals surface area contributed by atoms with Gasteiger partial charge in [0, 0.05) is 19.2 Å². The molecule has 0 aliphatic carbocycles. The number of amides is 1. The van der Waals surface area contributed by atoms with Gasteiger partial charge in [0.1, 0.15) is 5.60 Å². The Morgan fingerprint density at radius 1 is 1.14 bits per heavy atom. The van der Waals surface area contributed by atoms with Crippen molar-refractivity contribution in [1.82, 2.24) is 0 Å². The van der Waals surface area contributed by atoms with Crippen LogP contribution in [0.15, 0.2) is 24.3 Å². The van der Waals surface area contributed by atoms with Crippen molar-refractivity contribution in [2.75, 3.05) is 18.6 Å². The molecule has 0 heterocycles. The fourth-order valence-corrected chi connectivity index (χ4v) is 1.80. The first-order chi connectivity index (χ1) is 10.2. The van der Waals surface area contributed by atoms with Gasteiger partial charge in [0.05, 0.1) is 6.61 Å². The molecule has 0 saturated heterocycles. The summed E-state index contributed by atoms with van der Waals surface area (Å²) in [6, 6.07) is 7.47. The Morgan fingerprint density at radius 3 is 2.23 bits per heavy atom. The summed E-state index contributed by atoms with van der Waals surface area (Å²) in [5.74, 6) is -0.197. The van der Waals surface area contributed by atoms with Gasteiger partial charge in [-0.2, -0.15) is 0 Å². The van der Waals surface area contributed by atoms with Crippen molar-refractivity contribution in [2.45, 2.75) is 46.1 Å². The molecule has 0 unspecified atom stereocenters. The summed E-state index contributed by atoms with van der Waals surface area (Å²) >= 11 is 0. The SMILES string of the molecule is CCOC(=O)CCc1ccc(N(C)C(=O)OC(C)(C)C)cc1. The zero-order chi connectivity index (χ0) is 16.8. The van der Waals surface area contributed by atoms with Crippen molar-refractivity contribution >= 4 is 17.7 Å². The van der Waals surface area contributed by atoms with Crippen LogP contribution in [0.3, 0.4) is 0 Å². The monoisotopic (exact) mass is 307 g/mol. The summed E-state index contributed by atoms with van der Waals surface area (Å²) < 4.78 is 10.2. The number of esters is 1. The molecule has 0 aromatic heterocycles. The number of hydrogen-bond donors (Lipinski definition) is 0. The first-order valence-corrected chi connectivity index (χ1v) is 7.44. The predicted molar refractivity (Wildman–Crippen MR) is 86.0 cm³/mol. The molecule has 0 saturated carbocycles. The van der Waals surface area contributed by atoms with Crippen LogP contribution in [0, 0.1) is 0 Å². The molecule has 0 N–H and O–H groups in total. The Kier molecular flexibility index (Phi) is 6.40. The second-order valence-electron chi connectivity index (χ2n) is 6.01. The van der Waals surface area contributed by atoms with E-state index in [1.807, 2.05) is 45.0 Å². The van der Waals surface area contributed by atoms with Gasteiger partial charge in [0.2, 0.25) is 0 Å². The summed E-state index contributed by atoms with van der Waals surface area (Å²) in [5, 5.41) is 0. The van der Waals surface area contributed by atoms with Crippen molar-refractivity contribution in [1.29, 1.82) is 0 Å². The minimum atomic E-state index is -0.523. The maximum absolute atomic E-state index is 12.0. The summed E-state index contributed by atoms with van der Waals surface area (Å²) in [7, 11) is 1.67. The van der Waals surface area contributed by atoms with Crippen molar-refractivity contribution < 1.29 is 19.1 Å². The molecular weight excluding hydrogens is 282 g/mol. The minimum absolute atomic E-state index is 0.197. The lowest BCUT2D eigenvalue weighted by molar-refractivity contribution is -0.143. The van der Waals surface area contributed by atoms with Gasteiger partial charge in [-0.15, -0.1) is 0 Å². The van der Waals surface area contributed by atoms with Crippen LogP contribution in [0.1, 0.15) is 39.7 Å². The number of anilines is 1. The zero-order valence-electron chi connectivity index (χ0n) is 14.0. The van der Waals surface area contributed by atoms with Crippen molar-refractivity contribution in [2.24, 2.45) is 0 Å². The van der Waals surface area contributed by atoms with E-state index in [-0.39, 0.29) is 5.97 Å². The number of ether oxygens (including phenoxy) is 2. The molecule has 122 valence electrons. The minimum Gasteiger partial charge on any atom is -0.466 e. The molecule has 0 fully saturated rings. The van der Waals surface area contributed by atoms with E-state index >= 15 is 0 Å². The lowest BCUT2D eigenvalue weighted by Gasteiger charge is -2.24. The number of carbonyl (C=O) groups excluding carboxylic acids is 2.